The molecule has 7 heteroatoms. The highest BCUT2D eigenvalue weighted by Crippen LogP contribution is 2.03. The number of hydrogen-bond acceptors (Lipinski definition) is 5. The van der Waals surface area contributed by atoms with E-state index >= 15 is 0 Å². The highest BCUT2D eigenvalue weighted by Gasteiger charge is 2.16. The van der Waals surface area contributed by atoms with Gasteiger partial charge in [-0.1, -0.05) is 0 Å². The topological polar surface area (TPSA) is 70.1 Å². The summed E-state index contributed by atoms with van der Waals surface area (Å²) in [5.74, 6) is -0.0923. The van der Waals surface area contributed by atoms with Gasteiger partial charge in [-0.15, -0.1) is 11.8 Å². The summed E-state index contributed by atoms with van der Waals surface area (Å²) in [4.78, 5) is 25.8. The monoisotopic (exact) mass is 278 g/mol. The van der Waals surface area contributed by atoms with Gasteiger partial charge in [-0.05, 0) is 14.1 Å². The van der Waals surface area contributed by atoms with Crippen LogP contribution in [0.25, 0.3) is 0 Å². The summed E-state index contributed by atoms with van der Waals surface area (Å²) in [6.07, 6.45) is 0. The summed E-state index contributed by atoms with van der Waals surface area (Å²) < 4.78 is 4.88. The third-order valence-corrected chi connectivity index (χ3v) is 3.06. The van der Waals surface area contributed by atoms with Crippen molar-refractivity contribution in [1.82, 2.24) is 9.80 Å². The molecule has 0 aromatic heterocycles. The minimum atomic E-state index is -0.982. The van der Waals surface area contributed by atoms with E-state index < -0.39 is 5.97 Å². The summed E-state index contributed by atoms with van der Waals surface area (Å²) in [5.41, 5.74) is 0. The van der Waals surface area contributed by atoms with Crippen molar-refractivity contribution in [1.29, 1.82) is 0 Å². The molecule has 0 saturated heterocycles. The van der Waals surface area contributed by atoms with Gasteiger partial charge in [-0.3, -0.25) is 9.59 Å². The van der Waals surface area contributed by atoms with Crippen molar-refractivity contribution < 1.29 is 19.4 Å². The third-order valence-electron chi connectivity index (χ3n) is 2.15. The fourth-order valence-corrected chi connectivity index (χ4v) is 1.95. The fraction of sp³-hybridized carbons (Fsp3) is 0.818. The molecule has 6 nitrogen and oxygen atoms in total. The molecule has 0 rings (SSSR count). The summed E-state index contributed by atoms with van der Waals surface area (Å²) in [5, 5.41) is 8.77. The van der Waals surface area contributed by atoms with Crippen molar-refractivity contribution >= 4 is 23.6 Å². The molecule has 0 aromatic carbocycles. The highest BCUT2D eigenvalue weighted by atomic mass is 32.2. The lowest BCUT2D eigenvalue weighted by Gasteiger charge is -2.22. The molecule has 0 fully saturated rings. The molecule has 18 heavy (non-hydrogen) atoms. The van der Waals surface area contributed by atoms with E-state index in [2.05, 4.69) is 0 Å². The van der Waals surface area contributed by atoms with E-state index in [4.69, 9.17) is 9.84 Å². The zero-order valence-corrected chi connectivity index (χ0v) is 12.0. The normalized spacial score (nSPS) is 10.7. The predicted octanol–water partition coefficient (Wildman–Crippen LogP) is -0.159. The number of carbonyl (C=O) groups excluding carboxylic acids is 1. The molecule has 0 aromatic rings. The SMILES string of the molecule is COCCSCC(=O)N(CCN(C)C)CC(=O)O. The first-order valence-corrected chi connectivity index (χ1v) is 6.83. The second-order valence-corrected chi connectivity index (χ2v) is 5.16. The molecule has 0 atom stereocenters. The molecule has 0 aliphatic carbocycles. The second kappa shape index (κ2) is 10.2. The Kier molecular flexibility index (Phi) is 9.72. The Morgan fingerprint density at radius 1 is 1.28 bits per heavy atom. The molecular weight excluding hydrogens is 256 g/mol. The number of nitrogens with zero attached hydrogens (tertiary/aromatic N) is 2. The van der Waals surface area contributed by atoms with E-state index in [1.807, 2.05) is 19.0 Å². The minimum Gasteiger partial charge on any atom is -0.480 e. The van der Waals surface area contributed by atoms with Gasteiger partial charge in [0, 0.05) is 26.0 Å². The first kappa shape index (κ1) is 17.2. The fourth-order valence-electron chi connectivity index (χ4n) is 1.17. The molecule has 0 heterocycles. The van der Waals surface area contributed by atoms with Gasteiger partial charge in [0.1, 0.15) is 6.54 Å². The highest BCUT2D eigenvalue weighted by molar-refractivity contribution is 7.99. The molecule has 0 aliphatic heterocycles. The van der Waals surface area contributed by atoms with Crippen molar-refractivity contribution in [3.05, 3.63) is 0 Å². The quantitative estimate of drug-likeness (QED) is 0.560. The van der Waals surface area contributed by atoms with Gasteiger partial charge in [0.05, 0.1) is 12.4 Å². The molecule has 0 unspecified atom stereocenters. The lowest BCUT2D eigenvalue weighted by atomic mass is 10.4. The number of carboxylic acid groups (broad SMARTS) is 1. The predicted molar refractivity (Wildman–Crippen MR) is 72.0 cm³/mol. The van der Waals surface area contributed by atoms with Crippen LogP contribution in [0.3, 0.4) is 0 Å². The summed E-state index contributed by atoms with van der Waals surface area (Å²) in [6, 6.07) is 0. The van der Waals surface area contributed by atoms with E-state index in [0.717, 1.165) is 5.75 Å². The Hall–Kier alpha value is -0.790. The van der Waals surface area contributed by atoms with E-state index in [9.17, 15) is 9.59 Å². The number of methoxy groups -OCH3 is 1. The molecule has 0 radical (unpaired) electrons. The maximum absolute atomic E-state index is 11.8. The maximum Gasteiger partial charge on any atom is 0.323 e. The van der Waals surface area contributed by atoms with Gasteiger partial charge in [0.2, 0.25) is 5.91 Å². The lowest BCUT2D eigenvalue weighted by molar-refractivity contribution is -0.143. The molecule has 1 amide bonds. The first-order chi connectivity index (χ1) is 8.47. The summed E-state index contributed by atoms with van der Waals surface area (Å²) in [6.45, 7) is 1.44. The molecule has 106 valence electrons. The number of amides is 1. The number of ether oxygens (including phenoxy) is 1. The Balaban J connectivity index is 4.09. The van der Waals surface area contributed by atoms with E-state index in [0.29, 0.717) is 25.4 Å². The van der Waals surface area contributed by atoms with Crippen LogP contribution >= 0.6 is 11.8 Å². The Labute approximate surface area is 112 Å². The Morgan fingerprint density at radius 3 is 2.44 bits per heavy atom. The van der Waals surface area contributed by atoms with Crippen LogP contribution in [0.1, 0.15) is 0 Å². The number of likely N-dealkylation sites (N-methyl/N-ethyl adjacent to an activating group) is 1. The van der Waals surface area contributed by atoms with E-state index in [1.54, 1.807) is 7.11 Å². The van der Waals surface area contributed by atoms with Crippen LogP contribution in [0.4, 0.5) is 0 Å². The maximum atomic E-state index is 11.8. The van der Waals surface area contributed by atoms with Crippen LogP contribution in [0, 0.1) is 0 Å². The number of rotatable bonds is 10. The van der Waals surface area contributed by atoms with E-state index in [-0.39, 0.29) is 12.5 Å². The van der Waals surface area contributed by atoms with Crippen molar-refractivity contribution in [3.8, 4) is 0 Å². The number of aliphatic carboxylic acids is 1. The second-order valence-electron chi connectivity index (χ2n) is 4.06. The van der Waals surface area contributed by atoms with Crippen molar-refractivity contribution in [2.24, 2.45) is 0 Å². The number of carbonyl (C=O) groups is 2. The number of carboxylic acids is 1. The summed E-state index contributed by atoms with van der Waals surface area (Å²) >= 11 is 1.45. The van der Waals surface area contributed by atoms with Crippen molar-refractivity contribution in [2.75, 3.05) is 59.0 Å². The van der Waals surface area contributed by atoms with Crippen LogP contribution in [0.5, 0.6) is 0 Å². The van der Waals surface area contributed by atoms with Crippen LogP contribution in [-0.4, -0.2) is 85.7 Å². The average Bonchev–Trinajstić information content (AvgIpc) is 2.29. The zero-order valence-electron chi connectivity index (χ0n) is 11.2. The molecule has 0 bridgehead atoms. The van der Waals surface area contributed by atoms with Gasteiger partial charge in [0.15, 0.2) is 0 Å². The number of thioether (sulfide) groups is 1. The molecular formula is C11H22N2O4S. The third kappa shape index (κ3) is 9.26. The lowest BCUT2D eigenvalue weighted by Crippen LogP contribution is -2.41. The van der Waals surface area contributed by atoms with Crippen LogP contribution in [0.15, 0.2) is 0 Å². The van der Waals surface area contributed by atoms with Crippen LogP contribution in [-0.2, 0) is 14.3 Å². The Morgan fingerprint density at radius 2 is 1.94 bits per heavy atom. The first-order valence-electron chi connectivity index (χ1n) is 5.68. The molecule has 0 aliphatic rings. The van der Waals surface area contributed by atoms with Gasteiger partial charge in [-0.25, -0.2) is 0 Å². The van der Waals surface area contributed by atoms with Gasteiger partial charge in [-0.2, -0.15) is 0 Å². The van der Waals surface area contributed by atoms with Crippen molar-refractivity contribution in [2.45, 2.75) is 0 Å². The van der Waals surface area contributed by atoms with Gasteiger partial charge >= 0.3 is 5.97 Å². The molecule has 0 saturated carbocycles. The molecule has 1 N–H and O–H groups in total. The minimum absolute atomic E-state index is 0.139. The molecule has 0 spiro atoms. The van der Waals surface area contributed by atoms with Crippen LogP contribution in [0.2, 0.25) is 0 Å². The van der Waals surface area contributed by atoms with Gasteiger partial charge < -0.3 is 19.6 Å². The zero-order chi connectivity index (χ0) is 14.0. The standard InChI is InChI=1S/C11H22N2O4S/c1-12(2)4-5-13(8-11(15)16)10(14)9-18-7-6-17-3/h4-9H2,1-3H3,(H,15,16). The average molecular weight is 278 g/mol. The van der Waals surface area contributed by atoms with Crippen LogP contribution < -0.4 is 0 Å². The Bertz CT molecular complexity index is 261. The largest absolute Gasteiger partial charge is 0.480 e. The summed E-state index contributed by atoms with van der Waals surface area (Å²) in [7, 11) is 5.38. The van der Waals surface area contributed by atoms with E-state index in [1.165, 1.54) is 16.7 Å². The van der Waals surface area contributed by atoms with Gasteiger partial charge in [0.25, 0.3) is 0 Å². The van der Waals surface area contributed by atoms with Crippen molar-refractivity contribution in [3.63, 3.8) is 0 Å². The smallest absolute Gasteiger partial charge is 0.323 e. The number of hydrogen-bond donors (Lipinski definition) is 1.